The van der Waals surface area contributed by atoms with E-state index < -0.39 is 15.8 Å². The van der Waals surface area contributed by atoms with Crippen molar-refractivity contribution in [3.63, 3.8) is 0 Å². The Balaban J connectivity index is 1.58. The van der Waals surface area contributed by atoms with Crippen LogP contribution in [0.4, 0.5) is 4.39 Å². The fourth-order valence-electron chi connectivity index (χ4n) is 2.34. The van der Waals surface area contributed by atoms with E-state index in [9.17, 15) is 17.6 Å². The Morgan fingerprint density at radius 1 is 1.03 bits per heavy atom. The highest BCUT2D eigenvalue weighted by Crippen LogP contribution is 2.19. The monoisotopic (exact) mass is 434 g/mol. The van der Waals surface area contributed by atoms with Gasteiger partial charge in [-0.05, 0) is 42.5 Å². The van der Waals surface area contributed by atoms with Crippen LogP contribution in [0.5, 0.6) is 0 Å². The van der Waals surface area contributed by atoms with Crippen molar-refractivity contribution in [1.82, 2.24) is 20.0 Å². The number of hydrogen-bond acceptors (Lipinski definition) is 5. The molecule has 0 aliphatic heterocycles. The van der Waals surface area contributed by atoms with E-state index in [1.54, 1.807) is 24.4 Å². The number of aromatic nitrogens is 2. The summed E-state index contributed by atoms with van der Waals surface area (Å²) >= 11 is 5.63. The number of carbonyl (C=O) groups is 1. The summed E-state index contributed by atoms with van der Waals surface area (Å²) in [6, 6.07) is 11.6. The Morgan fingerprint density at radius 3 is 2.48 bits per heavy atom. The number of amides is 1. The summed E-state index contributed by atoms with van der Waals surface area (Å²) in [7, 11) is -3.89. The summed E-state index contributed by atoms with van der Waals surface area (Å²) in [5.41, 5.74) is 1.46. The Labute approximate surface area is 172 Å². The molecule has 0 atom stereocenters. The predicted octanol–water partition coefficient (Wildman–Crippen LogP) is 2.68. The molecule has 0 saturated carbocycles. The van der Waals surface area contributed by atoms with E-state index in [4.69, 9.17) is 11.6 Å². The Kier molecular flexibility index (Phi) is 6.53. The summed E-state index contributed by atoms with van der Waals surface area (Å²) in [6.45, 7) is 0.175. The van der Waals surface area contributed by atoms with Crippen LogP contribution < -0.4 is 10.0 Å². The third-order valence-electron chi connectivity index (χ3n) is 3.89. The standard InChI is InChI=1S/C19H16ClFN4O3S/c20-17-9-16(6-7-18(17)21)29(27,28)25-12-15-5-4-13(10-23-15)19(26)24-11-14-3-1-2-8-22-14/h1-10,25H,11-12H2,(H,24,26). The van der Waals surface area contributed by atoms with Gasteiger partial charge in [-0.2, -0.15) is 0 Å². The molecule has 0 radical (unpaired) electrons. The molecule has 0 aliphatic rings. The fourth-order valence-corrected chi connectivity index (χ4v) is 3.61. The lowest BCUT2D eigenvalue weighted by atomic mass is 10.2. The van der Waals surface area contributed by atoms with Crippen molar-refractivity contribution in [2.45, 2.75) is 18.0 Å². The van der Waals surface area contributed by atoms with E-state index in [-0.39, 0.29) is 28.9 Å². The number of rotatable bonds is 7. The van der Waals surface area contributed by atoms with Gasteiger partial charge >= 0.3 is 0 Å². The van der Waals surface area contributed by atoms with E-state index >= 15 is 0 Å². The molecule has 3 aromatic rings. The van der Waals surface area contributed by atoms with Gasteiger partial charge in [-0.25, -0.2) is 17.5 Å². The van der Waals surface area contributed by atoms with Gasteiger partial charge in [-0.15, -0.1) is 0 Å². The molecular formula is C19H16ClFN4O3S. The maximum atomic E-state index is 13.2. The molecular weight excluding hydrogens is 419 g/mol. The maximum absolute atomic E-state index is 13.2. The fraction of sp³-hybridized carbons (Fsp3) is 0.105. The lowest BCUT2D eigenvalue weighted by molar-refractivity contribution is 0.0950. The van der Waals surface area contributed by atoms with Crippen molar-refractivity contribution < 1.29 is 17.6 Å². The second-order valence-corrected chi connectivity index (χ2v) is 8.12. The molecule has 0 unspecified atom stereocenters. The zero-order valence-corrected chi connectivity index (χ0v) is 16.5. The molecule has 0 bridgehead atoms. The number of carbonyl (C=O) groups excluding carboxylic acids is 1. The largest absolute Gasteiger partial charge is 0.346 e. The predicted molar refractivity (Wildman–Crippen MR) is 105 cm³/mol. The Morgan fingerprint density at radius 2 is 1.83 bits per heavy atom. The minimum Gasteiger partial charge on any atom is -0.346 e. The number of halogens is 2. The van der Waals surface area contributed by atoms with Crippen LogP contribution in [0.15, 0.2) is 65.8 Å². The normalized spacial score (nSPS) is 11.2. The van der Waals surface area contributed by atoms with Crippen LogP contribution in [-0.2, 0) is 23.1 Å². The molecule has 2 aromatic heterocycles. The van der Waals surface area contributed by atoms with E-state index in [2.05, 4.69) is 20.0 Å². The van der Waals surface area contributed by atoms with Crippen LogP contribution in [0.25, 0.3) is 0 Å². The molecule has 150 valence electrons. The quantitative estimate of drug-likeness (QED) is 0.595. The molecule has 0 saturated heterocycles. The van der Waals surface area contributed by atoms with Crippen LogP contribution in [-0.4, -0.2) is 24.3 Å². The van der Waals surface area contributed by atoms with Crippen LogP contribution in [0.3, 0.4) is 0 Å². The van der Waals surface area contributed by atoms with Crippen molar-refractivity contribution in [3.05, 3.63) is 88.7 Å². The van der Waals surface area contributed by atoms with Gasteiger partial charge in [-0.1, -0.05) is 17.7 Å². The van der Waals surface area contributed by atoms with Gasteiger partial charge in [0.25, 0.3) is 5.91 Å². The zero-order valence-electron chi connectivity index (χ0n) is 15.0. The highest BCUT2D eigenvalue weighted by Gasteiger charge is 2.16. The lowest BCUT2D eigenvalue weighted by Gasteiger charge is -2.08. The molecule has 1 aromatic carbocycles. The molecule has 2 N–H and O–H groups in total. The van der Waals surface area contributed by atoms with E-state index in [1.165, 1.54) is 12.3 Å². The topological polar surface area (TPSA) is 101 Å². The van der Waals surface area contributed by atoms with Gasteiger partial charge in [0.2, 0.25) is 10.0 Å². The SMILES string of the molecule is O=C(NCc1ccccn1)c1ccc(CNS(=O)(=O)c2ccc(F)c(Cl)c2)nc1. The molecule has 10 heteroatoms. The maximum Gasteiger partial charge on any atom is 0.253 e. The van der Waals surface area contributed by atoms with Crippen molar-refractivity contribution in [3.8, 4) is 0 Å². The summed E-state index contributed by atoms with van der Waals surface area (Å²) in [5.74, 6) is -1.03. The second-order valence-electron chi connectivity index (χ2n) is 5.94. The average molecular weight is 435 g/mol. The van der Waals surface area contributed by atoms with Gasteiger partial charge in [0.15, 0.2) is 0 Å². The first-order valence-corrected chi connectivity index (χ1v) is 10.3. The summed E-state index contributed by atoms with van der Waals surface area (Å²) in [4.78, 5) is 20.2. The number of benzene rings is 1. The number of pyridine rings is 2. The summed E-state index contributed by atoms with van der Waals surface area (Å²) in [6.07, 6.45) is 2.99. The molecule has 2 heterocycles. The molecule has 7 nitrogen and oxygen atoms in total. The van der Waals surface area contributed by atoms with Crippen LogP contribution in [0, 0.1) is 5.82 Å². The minimum absolute atomic E-state index is 0.104. The first-order chi connectivity index (χ1) is 13.8. The van der Waals surface area contributed by atoms with Gasteiger partial charge in [0.05, 0.1) is 40.0 Å². The molecule has 0 fully saturated rings. The first-order valence-electron chi connectivity index (χ1n) is 8.43. The minimum atomic E-state index is -3.89. The zero-order chi connectivity index (χ0) is 20.9. The summed E-state index contributed by atoms with van der Waals surface area (Å²) < 4.78 is 40.1. The Hall–Kier alpha value is -2.88. The van der Waals surface area contributed by atoms with Crippen molar-refractivity contribution in [2.24, 2.45) is 0 Å². The van der Waals surface area contributed by atoms with Crippen LogP contribution >= 0.6 is 11.6 Å². The van der Waals surface area contributed by atoms with E-state index in [0.717, 1.165) is 23.9 Å². The van der Waals surface area contributed by atoms with Crippen molar-refractivity contribution >= 4 is 27.5 Å². The third kappa shape index (κ3) is 5.57. The lowest BCUT2D eigenvalue weighted by Crippen LogP contribution is -2.25. The average Bonchev–Trinajstić information content (AvgIpc) is 2.73. The molecule has 29 heavy (non-hydrogen) atoms. The second kappa shape index (κ2) is 9.08. The first kappa shape index (κ1) is 20.8. The molecule has 1 amide bonds. The van der Waals surface area contributed by atoms with Crippen molar-refractivity contribution in [1.29, 1.82) is 0 Å². The van der Waals surface area contributed by atoms with Gasteiger partial charge in [0, 0.05) is 12.4 Å². The highest BCUT2D eigenvalue weighted by atomic mass is 35.5. The third-order valence-corrected chi connectivity index (χ3v) is 5.58. The smallest absolute Gasteiger partial charge is 0.253 e. The van der Waals surface area contributed by atoms with Crippen LogP contribution in [0.2, 0.25) is 5.02 Å². The summed E-state index contributed by atoms with van der Waals surface area (Å²) in [5, 5.41) is 2.44. The highest BCUT2D eigenvalue weighted by molar-refractivity contribution is 7.89. The van der Waals surface area contributed by atoms with Crippen molar-refractivity contribution in [2.75, 3.05) is 0 Å². The number of hydrogen-bond donors (Lipinski definition) is 2. The van der Waals surface area contributed by atoms with Gasteiger partial charge in [-0.3, -0.25) is 14.8 Å². The number of nitrogens with one attached hydrogen (secondary N) is 2. The van der Waals surface area contributed by atoms with Gasteiger partial charge in [0.1, 0.15) is 5.82 Å². The van der Waals surface area contributed by atoms with Crippen LogP contribution in [0.1, 0.15) is 21.7 Å². The van der Waals surface area contributed by atoms with E-state index in [0.29, 0.717) is 11.3 Å². The van der Waals surface area contributed by atoms with E-state index in [1.807, 2.05) is 6.07 Å². The molecule has 0 aliphatic carbocycles. The molecule has 3 rings (SSSR count). The van der Waals surface area contributed by atoms with Gasteiger partial charge < -0.3 is 5.32 Å². The number of sulfonamides is 1. The molecule has 0 spiro atoms. The Bertz CT molecular complexity index is 1110. The number of nitrogens with zero attached hydrogens (tertiary/aromatic N) is 2.